The molecule has 19 heavy (non-hydrogen) atoms. The fraction of sp³-hybridized carbons (Fsp3) is 0.429. The lowest BCUT2D eigenvalue weighted by molar-refractivity contribution is 0.271. The van der Waals surface area contributed by atoms with Crippen LogP contribution in [-0.4, -0.2) is 29.8 Å². The molecule has 0 radical (unpaired) electrons. The van der Waals surface area contributed by atoms with Gasteiger partial charge < -0.3 is 14.6 Å². The zero-order valence-corrected chi connectivity index (χ0v) is 10.5. The first kappa shape index (κ1) is 11.0. The van der Waals surface area contributed by atoms with Crippen molar-refractivity contribution in [2.45, 2.75) is 18.3 Å². The van der Waals surface area contributed by atoms with E-state index in [9.17, 15) is 0 Å². The van der Waals surface area contributed by atoms with Gasteiger partial charge >= 0.3 is 0 Å². The molecular weight excluding hydrogens is 242 g/mol. The van der Waals surface area contributed by atoms with Crippen molar-refractivity contribution >= 4 is 0 Å². The van der Waals surface area contributed by atoms with Crippen LogP contribution >= 0.6 is 0 Å². The van der Waals surface area contributed by atoms with Crippen molar-refractivity contribution in [3.63, 3.8) is 0 Å². The molecule has 1 aromatic heterocycles. The van der Waals surface area contributed by atoms with Gasteiger partial charge in [-0.05, 0) is 12.5 Å². The molecule has 1 atom stereocenters. The molecule has 0 spiro atoms. The number of fused-ring (bicyclic) bond motifs is 1. The maximum Gasteiger partial charge on any atom is 0.232 e. The first-order valence-corrected chi connectivity index (χ1v) is 6.68. The van der Waals surface area contributed by atoms with Crippen molar-refractivity contribution in [3.8, 4) is 5.75 Å². The molecule has 1 saturated heterocycles. The molecule has 0 saturated carbocycles. The molecule has 1 unspecified atom stereocenters. The Kier molecular flexibility index (Phi) is 2.51. The normalized spacial score (nSPS) is 22.4. The molecule has 0 bridgehead atoms. The van der Waals surface area contributed by atoms with Gasteiger partial charge in [-0.1, -0.05) is 23.4 Å². The molecule has 2 aromatic rings. The first-order chi connectivity index (χ1) is 9.42. The second kappa shape index (κ2) is 4.35. The van der Waals surface area contributed by atoms with E-state index in [-0.39, 0.29) is 5.92 Å². The van der Waals surface area contributed by atoms with Crippen molar-refractivity contribution in [1.29, 1.82) is 0 Å². The van der Waals surface area contributed by atoms with E-state index >= 15 is 0 Å². The summed E-state index contributed by atoms with van der Waals surface area (Å²) in [7, 11) is 0. The van der Waals surface area contributed by atoms with E-state index in [2.05, 4.69) is 21.5 Å². The highest BCUT2D eigenvalue weighted by Crippen LogP contribution is 2.37. The Morgan fingerprint density at radius 1 is 1.21 bits per heavy atom. The van der Waals surface area contributed by atoms with Crippen LogP contribution in [0.1, 0.15) is 35.5 Å². The van der Waals surface area contributed by atoms with Gasteiger partial charge in [-0.25, -0.2) is 0 Å². The fourth-order valence-electron chi connectivity index (χ4n) is 2.63. The predicted octanol–water partition coefficient (Wildman–Crippen LogP) is 1.67. The van der Waals surface area contributed by atoms with Gasteiger partial charge in [0, 0.05) is 18.7 Å². The molecule has 5 nitrogen and oxygen atoms in total. The molecule has 1 fully saturated rings. The number of nitrogens with zero attached hydrogens (tertiary/aromatic N) is 2. The number of rotatable bonds is 2. The van der Waals surface area contributed by atoms with E-state index in [0.717, 1.165) is 42.5 Å². The van der Waals surface area contributed by atoms with Crippen LogP contribution in [0.25, 0.3) is 0 Å². The number of ether oxygens (including phenoxy) is 1. The number of nitrogens with one attached hydrogen (secondary N) is 1. The van der Waals surface area contributed by atoms with Gasteiger partial charge in [0.1, 0.15) is 5.75 Å². The summed E-state index contributed by atoms with van der Waals surface area (Å²) in [6.07, 6.45) is 0.902. The lowest BCUT2D eigenvalue weighted by atomic mass is 9.92. The minimum atomic E-state index is 0.190. The van der Waals surface area contributed by atoms with Crippen LogP contribution in [0.2, 0.25) is 0 Å². The molecule has 3 heterocycles. The minimum absolute atomic E-state index is 0.190. The third-order valence-electron chi connectivity index (χ3n) is 3.86. The Balaban J connectivity index is 1.67. The van der Waals surface area contributed by atoms with E-state index in [1.807, 2.05) is 18.2 Å². The zero-order valence-electron chi connectivity index (χ0n) is 10.5. The quantitative estimate of drug-likeness (QED) is 0.886. The van der Waals surface area contributed by atoms with Crippen molar-refractivity contribution in [2.24, 2.45) is 0 Å². The van der Waals surface area contributed by atoms with E-state index in [4.69, 9.17) is 9.26 Å². The molecule has 1 N–H and O–H groups in total. The standard InChI is InChI=1S/C14H15N3O2/c1-2-4-12-10(3-1)11(5-6-18-12)13-16-14(19-17-13)9-7-15-8-9/h1-4,9,11,15H,5-8H2. The maximum atomic E-state index is 5.67. The van der Waals surface area contributed by atoms with Gasteiger partial charge in [0.05, 0.1) is 18.4 Å². The molecule has 2 aliphatic rings. The lowest BCUT2D eigenvalue weighted by Gasteiger charge is -2.24. The van der Waals surface area contributed by atoms with Gasteiger partial charge in [0.25, 0.3) is 0 Å². The highest BCUT2D eigenvalue weighted by Gasteiger charge is 2.30. The van der Waals surface area contributed by atoms with Crippen molar-refractivity contribution in [1.82, 2.24) is 15.5 Å². The van der Waals surface area contributed by atoms with Crippen LogP contribution in [0.3, 0.4) is 0 Å². The van der Waals surface area contributed by atoms with Crippen LogP contribution in [0, 0.1) is 0 Å². The number of hydrogen-bond donors (Lipinski definition) is 1. The average molecular weight is 257 g/mol. The second-order valence-corrected chi connectivity index (χ2v) is 5.07. The summed E-state index contributed by atoms with van der Waals surface area (Å²) >= 11 is 0. The topological polar surface area (TPSA) is 60.2 Å². The molecular formula is C14H15N3O2. The predicted molar refractivity (Wildman–Crippen MR) is 68.3 cm³/mol. The first-order valence-electron chi connectivity index (χ1n) is 6.68. The van der Waals surface area contributed by atoms with E-state index in [0.29, 0.717) is 12.5 Å². The van der Waals surface area contributed by atoms with Crippen LogP contribution in [0.15, 0.2) is 28.8 Å². The molecule has 2 aliphatic heterocycles. The van der Waals surface area contributed by atoms with Crippen molar-refractivity contribution in [2.75, 3.05) is 19.7 Å². The highest BCUT2D eigenvalue weighted by atomic mass is 16.5. The number of benzene rings is 1. The maximum absolute atomic E-state index is 5.67. The van der Waals surface area contributed by atoms with E-state index < -0.39 is 0 Å². The Bertz CT molecular complexity index is 592. The summed E-state index contributed by atoms with van der Waals surface area (Å²) in [5.41, 5.74) is 1.16. The molecule has 5 heteroatoms. The second-order valence-electron chi connectivity index (χ2n) is 5.07. The van der Waals surface area contributed by atoms with Crippen molar-refractivity contribution in [3.05, 3.63) is 41.5 Å². The number of hydrogen-bond acceptors (Lipinski definition) is 5. The van der Waals surface area contributed by atoms with Crippen LogP contribution in [0.5, 0.6) is 5.75 Å². The summed E-state index contributed by atoms with van der Waals surface area (Å²) in [4.78, 5) is 4.58. The molecule has 4 rings (SSSR count). The van der Waals surface area contributed by atoms with E-state index in [1.165, 1.54) is 0 Å². The zero-order chi connectivity index (χ0) is 12.7. The third kappa shape index (κ3) is 1.81. The summed E-state index contributed by atoms with van der Waals surface area (Å²) < 4.78 is 11.1. The van der Waals surface area contributed by atoms with Crippen LogP contribution in [-0.2, 0) is 0 Å². The average Bonchev–Trinajstić information content (AvgIpc) is 2.85. The molecule has 0 aliphatic carbocycles. The number of para-hydroxylation sites is 1. The summed E-state index contributed by atoms with van der Waals surface area (Å²) in [5.74, 6) is 3.07. The Labute approximate surface area is 111 Å². The molecule has 98 valence electrons. The third-order valence-corrected chi connectivity index (χ3v) is 3.86. The summed E-state index contributed by atoms with van der Waals surface area (Å²) in [5, 5.41) is 7.39. The van der Waals surface area contributed by atoms with Crippen LogP contribution in [0.4, 0.5) is 0 Å². The van der Waals surface area contributed by atoms with E-state index in [1.54, 1.807) is 0 Å². The smallest absolute Gasteiger partial charge is 0.232 e. The number of aromatic nitrogens is 2. The highest BCUT2D eigenvalue weighted by molar-refractivity contribution is 5.40. The van der Waals surface area contributed by atoms with Gasteiger partial charge in [-0.15, -0.1) is 0 Å². The minimum Gasteiger partial charge on any atom is -0.493 e. The monoisotopic (exact) mass is 257 g/mol. The Morgan fingerprint density at radius 2 is 2.11 bits per heavy atom. The lowest BCUT2D eigenvalue weighted by Crippen LogP contribution is -2.40. The van der Waals surface area contributed by atoms with Gasteiger partial charge in [0.15, 0.2) is 5.82 Å². The molecule has 0 amide bonds. The SMILES string of the molecule is c1ccc2c(c1)OCCC2c1noc(C2CNC2)n1. The fourth-order valence-corrected chi connectivity index (χ4v) is 2.63. The Hall–Kier alpha value is -1.88. The van der Waals surface area contributed by atoms with Gasteiger partial charge in [-0.2, -0.15) is 4.98 Å². The van der Waals surface area contributed by atoms with Crippen LogP contribution < -0.4 is 10.1 Å². The molecule has 1 aromatic carbocycles. The van der Waals surface area contributed by atoms with Gasteiger partial charge in [-0.3, -0.25) is 0 Å². The summed E-state index contributed by atoms with van der Waals surface area (Å²) in [6.45, 7) is 2.58. The Morgan fingerprint density at radius 3 is 2.95 bits per heavy atom. The van der Waals surface area contributed by atoms with Gasteiger partial charge in [0.2, 0.25) is 5.89 Å². The van der Waals surface area contributed by atoms with Crippen molar-refractivity contribution < 1.29 is 9.26 Å². The summed E-state index contributed by atoms with van der Waals surface area (Å²) in [6, 6.07) is 8.10. The largest absolute Gasteiger partial charge is 0.493 e.